The van der Waals surface area contributed by atoms with Crippen LogP contribution < -0.4 is 10.4 Å². The zero-order valence-corrected chi connectivity index (χ0v) is 15.4. The molecule has 1 heterocycles. The number of ether oxygens (including phenoxy) is 1. The Balaban J connectivity index is 1.93. The topological polar surface area (TPSA) is 76.7 Å². The predicted molar refractivity (Wildman–Crippen MR) is 99.3 cm³/mol. The summed E-state index contributed by atoms with van der Waals surface area (Å²) in [5, 5.41) is 9.48. The van der Waals surface area contributed by atoms with Crippen LogP contribution >= 0.6 is 11.6 Å². The maximum absolute atomic E-state index is 12.8. The van der Waals surface area contributed by atoms with Crippen LogP contribution in [0, 0.1) is 6.92 Å². The van der Waals surface area contributed by atoms with Gasteiger partial charge in [-0.05, 0) is 36.2 Å². The number of carboxylic acids is 1. The lowest BCUT2D eigenvalue weighted by atomic mass is 10.0. The third-order valence-electron chi connectivity index (χ3n) is 4.28. The molecule has 0 saturated heterocycles. The van der Waals surface area contributed by atoms with E-state index in [0.29, 0.717) is 16.5 Å². The van der Waals surface area contributed by atoms with Gasteiger partial charge in [0.15, 0.2) is 5.58 Å². The second-order valence-corrected chi connectivity index (χ2v) is 6.53. The SMILES string of the molecule is Cc1c(CC(=O)O)c(=O)oc2c(Cl)c(OCc3cccc(C(F)F)c3)ccc12. The van der Waals surface area contributed by atoms with E-state index in [2.05, 4.69) is 0 Å². The molecule has 0 spiro atoms. The molecule has 28 heavy (non-hydrogen) atoms. The molecule has 1 aromatic heterocycles. The summed E-state index contributed by atoms with van der Waals surface area (Å²) in [7, 11) is 0. The third kappa shape index (κ3) is 3.99. The van der Waals surface area contributed by atoms with E-state index < -0.39 is 24.4 Å². The number of hydrogen-bond donors (Lipinski definition) is 1. The van der Waals surface area contributed by atoms with Gasteiger partial charge in [-0.25, -0.2) is 13.6 Å². The number of benzene rings is 2. The number of alkyl halides is 2. The van der Waals surface area contributed by atoms with Gasteiger partial charge >= 0.3 is 11.6 Å². The molecule has 0 amide bonds. The molecule has 5 nitrogen and oxygen atoms in total. The summed E-state index contributed by atoms with van der Waals surface area (Å²) >= 11 is 6.30. The standard InChI is InChI=1S/C20H15ClF2O5/c1-10-13-5-6-15(27-9-11-3-2-4-12(7-11)19(22)23)17(21)18(13)28-20(26)14(10)8-16(24)25/h2-7,19H,8-9H2,1H3,(H,24,25). The first-order valence-electron chi connectivity index (χ1n) is 8.24. The van der Waals surface area contributed by atoms with Gasteiger partial charge in [0.2, 0.25) is 0 Å². The number of carboxylic acid groups (broad SMARTS) is 1. The van der Waals surface area contributed by atoms with E-state index in [1.807, 2.05) is 0 Å². The Morgan fingerprint density at radius 1 is 1.29 bits per heavy atom. The second-order valence-electron chi connectivity index (χ2n) is 6.15. The molecule has 2 aromatic carbocycles. The number of hydrogen-bond acceptors (Lipinski definition) is 4. The van der Waals surface area contributed by atoms with Gasteiger partial charge in [0.05, 0.1) is 12.0 Å². The van der Waals surface area contributed by atoms with Gasteiger partial charge < -0.3 is 14.3 Å². The average Bonchev–Trinajstić information content (AvgIpc) is 2.65. The van der Waals surface area contributed by atoms with Gasteiger partial charge in [-0.15, -0.1) is 0 Å². The molecule has 0 aliphatic rings. The number of aliphatic carboxylic acids is 1. The van der Waals surface area contributed by atoms with Crippen LogP contribution in [0.5, 0.6) is 5.75 Å². The van der Waals surface area contributed by atoms with Crippen molar-refractivity contribution in [2.75, 3.05) is 0 Å². The maximum Gasteiger partial charge on any atom is 0.340 e. The smallest absolute Gasteiger partial charge is 0.340 e. The Morgan fingerprint density at radius 3 is 2.71 bits per heavy atom. The average molecular weight is 409 g/mol. The van der Waals surface area contributed by atoms with Crippen LogP contribution in [0.4, 0.5) is 8.78 Å². The number of carbonyl (C=O) groups is 1. The number of fused-ring (bicyclic) bond motifs is 1. The molecule has 0 fully saturated rings. The minimum absolute atomic E-state index is 0.00784. The molecule has 3 rings (SSSR count). The highest BCUT2D eigenvalue weighted by Crippen LogP contribution is 2.34. The molecular formula is C20H15ClF2O5. The minimum Gasteiger partial charge on any atom is -0.487 e. The molecule has 0 radical (unpaired) electrons. The van der Waals surface area contributed by atoms with Gasteiger partial charge in [-0.2, -0.15) is 0 Å². The van der Waals surface area contributed by atoms with Gasteiger partial charge in [0.1, 0.15) is 17.4 Å². The highest BCUT2D eigenvalue weighted by molar-refractivity contribution is 6.36. The van der Waals surface area contributed by atoms with Crippen molar-refractivity contribution in [3.8, 4) is 5.75 Å². The van der Waals surface area contributed by atoms with E-state index in [0.717, 1.165) is 0 Å². The summed E-state index contributed by atoms with van der Waals surface area (Å²) in [5.41, 5.74) is 0.232. The molecule has 0 unspecified atom stereocenters. The fourth-order valence-electron chi connectivity index (χ4n) is 2.85. The monoisotopic (exact) mass is 408 g/mol. The summed E-state index contributed by atoms with van der Waals surface area (Å²) in [6, 6.07) is 8.97. The third-order valence-corrected chi connectivity index (χ3v) is 4.64. The lowest BCUT2D eigenvalue weighted by Gasteiger charge is -2.12. The van der Waals surface area contributed by atoms with Crippen molar-refractivity contribution in [3.05, 3.63) is 74.1 Å². The summed E-state index contributed by atoms with van der Waals surface area (Å²) in [5.74, 6) is -0.933. The van der Waals surface area contributed by atoms with Gasteiger partial charge in [-0.3, -0.25) is 4.79 Å². The van der Waals surface area contributed by atoms with Crippen LogP contribution in [0.3, 0.4) is 0 Å². The van der Waals surface area contributed by atoms with E-state index in [-0.39, 0.29) is 34.1 Å². The van der Waals surface area contributed by atoms with Crippen molar-refractivity contribution in [1.82, 2.24) is 0 Å². The molecule has 0 aliphatic heterocycles. The summed E-state index contributed by atoms with van der Waals surface area (Å²) in [6.07, 6.45) is -3.04. The Hall–Kier alpha value is -2.93. The van der Waals surface area contributed by atoms with Crippen molar-refractivity contribution < 1.29 is 27.8 Å². The Kier molecular flexibility index (Phi) is 5.65. The molecule has 0 bridgehead atoms. The number of rotatable bonds is 6. The molecule has 1 N–H and O–H groups in total. The van der Waals surface area contributed by atoms with Gasteiger partial charge in [-0.1, -0.05) is 29.8 Å². The van der Waals surface area contributed by atoms with Crippen molar-refractivity contribution in [1.29, 1.82) is 0 Å². The van der Waals surface area contributed by atoms with Crippen molar-refractivity contribution in [3.63, 3.8) is 0 Å². The zero-order valence-electron chi connectivity index (χ0n) is 14.7. The van der Waals surface area contributed by atoms with Gasteiger partial charge in [0, 0.05) is 10.9 Å². The fraction of sp³-hybridized carbons (Fsp3) is 0.200. The predicted octanol–water partition coefficient (Wildman–Crippen LogP) is 4.90. The Labute approximate surface area is 163 Å². The van der Waals surface area contributed by atoms with Crippen LogP contribution in [0.25, 0.3) is 11.0 Å². The van der Waals surface area contributed by atoms with Crippen molar-refractivity contribution in [2.45, 2.75) is 26.4 Å². The number of halogens is 3. The Bertz CT molecular complexity index is 1110. The largest absolute Gasteiger partial charge is 0.487 e. The van der Waals surface area contributed by atoms with Crippen LogP contribution in [0.15, 0.2) is 45.6 Å². The van der Waals surface area contributed by atoms with Crippen LogP contribution in [-0.4, -0.2) is 11.1 Å². The van der Waals surface area contributed by atoms with Crippen LogP contribution in [-0.2, 0) is 17.8 Å². The van der Waals surface area contributed by atoms with Crippen LogP contribution in [0.2, 0.25) is 5.02 Å². The van der Waals surface area contributed by atoms with Crippen molar-refractivity contribution in [2.24, 2.45) is 0 Å². The maximum atomic E-state index is 12.8. The molecule has 8 heteroatoms. The molecule has 0 saturated carbocycles. The highest BCUT2D eigenvalue weighted by atomic mass is 35.5. The summed E-state index contributed by atoms with van der Waals surface area (Å²) in [4.78, 5) is 23.1. The van der Waals surface area contributed by atoms with Crippen molar-refractivity contribution >= 4 is 28.5 Å². The van der Waals surface area contributed by atoms with E-state index in [1.165, 1.54) is 18.2 Å². The van der Waals surface area contributed by atoms with Crippen LogP contribution in [0.1, 0.15) is 28.7 Å². The molecular weight excluding hydrogens is 394 g/mol. The summed E-state index contributed by atoms with van der Waals surface area (Å²) < 4.78 is 36.4. The molecule has 3 aromatic rings. The molecule has 0 atom stereocenters. The highest BCUT2D eigenvalue weighted by Gasteiger charge is 2.18. The Morgan fingerprint density at radius 2 is 2.04 bits per heavy atom. The number of aryl methyl sites for hydroxylation is 1. The van der Waals surface area contributed by atoms with E-state index in [1.54, 1.807) is 25.1 Å². The fourth-order valence-corrected chi connectivity index (χ4v) is 3.11. The summed E-state index contributed by atoms with van der Waals surface area (Å²) in [6.45, 7) is 1.61. The van der Waals surface area contributed by atoms with E-state index in [4.69, 9.17) is 25.9 Å². The first-order valence-corrected chi connectivity index (χ1v) is 8.62. The molecule has 146 valence electrons. The first kappa shape index (κ1) is 19.8. The second kappa shape index (κ2) is 7.98. The zero-order chi connectivity index (χ0) is 20.4. The van der Waals surface area contributed by atoms with Gasteiger partial charge in [0.25, 0.3) is 6.43 Å². The van der Waals surface area contributed by atoms with E-state index >= 15 is 0 Å². The normalized spacial score (nSPS) is 11.2. The van der Waals surface area contributed by atoms with E-state index in [9.17, 15) is 18.4 Å². The minimum atomic E-state index is -2.58. The first-order chi connectivity index (χ1) is 13.3. The lowest BCUT2D eigenvalue weighted by molar-refractivity contribution is -0.136. The lowest BCUT2D eigenvalue weighted by Crippen LogP contribution is -2.15. The molecule has 0 aliphatic carbocycles. The quantitative estimate of drug-likeness (QED) is 0.587.